The molecule has 0 radical (unpaired) electrons. The van der Waals surface area contributed by atoms with E-state index < -0.39 is 11.6 Å². The molecule has 0 saturated carbocycles. The van der Waals surface area contributed by atoms with E-state index in [2.05, 4.69) is 53.4 Å². The zero-order valence-electron chi connectivity index (χ0n) is 18.7. The summed E-state index contributed by atoms with van der Waals surface area (Å²) in [6, 6.07) is 5.50. The van der Waals surface area contributed by atoms with Crippen molar-refractivity contribution in [1.82, 2.24) is 25.7 Å². The van der Waals surface area contributed by atoms with Crippen LogP contribution in [0.1, 0.15) is 40.5 Å². The van der Waals surface area contributed by atoms with Gasteiger partial charge in [0.25, 0.3) is 0 Å². The number of benzene rings is 1. The third-order valence-electron chi connectivity index (χ3n) is 5.22. The number of aromatic amines is 1. The SMILES string of the molecule is CC1(C)CC(Oc2ccc(-c3cc(F)c(-c4cn[nH]c4)cc3F)nn2)CC(C)(C)N1.Cl.Cl.Cl. The molecule has 6 nitrogen and oxygen atoms in total. The van der Waals surface area contributed by atoms with E-state index in [1.54, 1.807) is 12.1 Å². The second-order valence-electron chi connectivity index (χ2n) is 9.10. The van der Waals surface area contributed by atoms with Gasteiger partial charge in [-0.3, -0.25) is 5.10 Å². The Morgan fingerprint density at radius 2 is 1.52 bits per heavy atom. The van der Waals surface area contributed by atoms with Crippen molar-refractivity contribution in [1.29, 1.82) is 0 Å². The van der Waals surface area contributed by atoms with Gasteiger partial charge in [0.15, 0.2) is 0 Å². The monoisotopic (exact) mass is 521 g/mol. The fourth-order valence-electron chi connectivity index (χ4n) is 4.37. The molecule has 0 aliphatic carbocycles. The first-order chi connectivity index (χ1) is 14.1. The summed E-state index contributed by atoms with van der Waals surface area (Å²) in [6.45, 7) is 8.57. The minimum atomic E-state index is -0.586. The Kier molecular flexibility index (Phi) is 9.63. The summed E-state index contributed by atoms with van der Waals surface area (Å²) in [5, 5.41) is 18.1. The minimum Gasteiger partial charge on any atom is -0.473 e. The molecule has 3 aromatic rings. The van der Waals surface area contributed by atoms with Crippen molar-refractivity contribution in [3.63, 3.8) is 0 Å². The van der Waals surface area contributed by atoms with Crippen molar-refractivity contribution in [3.8, 4) is 28.3 Å². The summed E-state index contributed by atoms with van der Waals surface area (Å²) in [4.78, 5) is 0. The van der Waals surface area contributed by atoms with Crippen LogP contribution in [-0.4, -0.2) is 37.6 Å². The van der Waals surface area contributed by atoms with Crippen LogP contribution in [0.25, 0.3) is 22.4 Å². The van der Waals surface area contributed by atoms with Gasteiger partial charge in [-0.25, -0.2) is 8.78 Å². The molecule has 0 spiro atoms. The molecule has 4 rings (SSSR count). The molecule has 11 heteroatoms. The first-order valence-electron chi connectivity index (χ1n) is 9.90. The van der Waals surface area contributed by atoms with Crippen molar-refractivity contribution in [2.75, 3.05) is 0 Å². The van der Waals surface area contributed by atoms with Gasteiger partial charge < -0.3 is 10.1 Å². The van der Waals surface area contributed by atoms with Crippen LogP contribution >= 0.6 is 37.2 Å². The van der Waals surface area contributed by atoms with Crippen molar-refractivity contribution >= 4 is 37.2 Å². The van der Waals surface area contributed by atoms with Crippen LogP contribution < -0.4 is 10.1 Å². The van der Waals surface area contributed by atoms with E-state index in [1.807, 2.05) is 0 Å². The van der Waals surface area contributed by atoms with Crippen molar-refractivity contribution in [2.45, 2.75) is 57.7 Å². The Morgan fingerprint density at radius 1 is 0.909 bits per heavy atom. The normalized spacial score (nSPS) is 16.7. The fraction of sp³-hybridized carbons (Fsp3) is 0.409. The molecule has 1 aromatic carbocycles. The van der Waals surface area contributed by atoms with Crippen molar-refractivity contribution < 1.29 is 13.5 Å². The highest BCUT2D eigenvalue weighted by Gasteiger charge is 2.38. The molecule has 0 unspecified atom stereocenters. The lowest BCUT2D eigenvalue weighted by atomic mass is 9.81. The summed E-state index contributed by atoms with van der Waals surface area (Å²) >= 11 is 0. The molecule has 0 atom stereocenters. The highest BCUT2D eigenvalue weighted by molar-refractivity contribution is 5.86. The molecule has 1 aliphatic rings. The molecular weight excluding hydrogens is 495 g/mol. The number of ether oxygens (including phenoxy) is 1. The molecule has 1 fully saturated rings. The Labute approximate surface area is 210 Å². The average Bonchev–Trinajstić information content (AvgIpc) is 3.16. The lowest BCUT2D eigenvalue weighted by Gasteiger charge is -2.46. The van der Waals surface area contributed by atoms with Gasteiger partial charge in [-0.15, -0.1) is 47.4 Å². The highest BCUT2D eigenvalue weighted by atomic mass is 35.5. The number of piperidine rings is 1. The number of aromatic nitrogens is 4. The van der Waals surface area contributed by atoms with E-state index in [-0.39, 0.29) is 71.2 Å². The van der Waals surface area contributed by atoms with Crippen LogP contribution in [0.3, 0.4) is 0 Å². The van der Waals surface area contributed by atoms with Crippen LogP contribution in [0.2, 0.25) is 0 Å². The predicted molar refractivity (Wildman–Crippen MR) is 132 cm³/mol. The number of nitrogens with one attached hydrogen (secondary N) is 2. The predicted octanol–water partition coefficient (Wildman–Crippen LogP) is 5.77. The van der Waals surface area contributed by atoms with Gasteiger partial charge in [0, 0.05) is 52.9 Å². The van der Waals surface area contributed by atoms with Crippen LogP contribution in [0, 0.1) is 11.6 Å². The molecule has 0 amide bonds. The maximum atomic E-state index is 14.6. The fourth-order valence-corrected chi connectivity index (χ4v) is 4.37. The topological polar surface area (TPSA) is 75.7 Å². The second-order valence-corrected chi connectivity index (χ2v) is 9.10. The molecule has 3 heterocycles. The van der Waals surface area contributed by atoms with Gasteiger partial charge in [-0.2, -0.15) is 5.10 Å². The Hall–Kier alpha value is -2.00. The van der Waals surface area contributed by atoms with E-state index >= 15 is 0 Å². The number of rotatable bonds is 4. The zero-order chi connectivity index (χ0) is 21.5. The quantitative estimate of drug-likeness (QED) is 0.455. The van der Waals surface area contributed by atoms with Crippen LogP contribution in [0.15, 0.2) is 36.7 Å². The maximum Gasteiger partial charge on any atom is 0.233 e. The number of hydrogen-bond acceptors (Lipinski definition) is 5. The first kappa shape index (κ1) is 29.0. The van der Waals surface area contributed by atoms with Gasteiger partial charge in [0.1, 0.15) is 17.7 Å². The molecule has 1 aliphatic heterocycles. The minimum absolute atomic E-state index is 0. The van der Waals surface area contributed by atoms with E-state index in [9.17, 15) is 8.78 Å². The van der Waals surface area contributed by atoms with E-state index in [0.29, 0.717) is 11.4 Å². The lowest BCUT2D eigenvalue weighted by Crippen LogP contribution is -2.60. The number of hydrogen-bond donors (Lipinski definition) is 2. The van der Waals surface area contributed by atoms with Crippen LogP contribution in [0.5, 0.6) is 5.88 Å². The highest BCUT2D eigenvalue weighted by Crippen LogP contribution is 2.32. The van der Waals surface area contributed by atoms with Crippen LogP contribution in [0.4, 0.5) is 8.78 Å². The Balaban J connectivity index is 0.00000181. The summed E-state index contributed by atoms with van der Waals surface area (Å²) < 4.78 is 35.2. The van der Waals surface area contributed by atoms with Gasteiger partial charge in [0.05, 0.1) is 11.9 Å². The smallest absolute Gasteiger partial charge is 0.233 e. The summed E-state index contributed by atoms with van der Waals surface area (Å²) in [5.74, 6) is -0.778. The molecular formula is C22H28Cl3F2N5O. The zero-order valence-corrected chi connectivity index (χ0v) is 21.1. The summed E-state index contributed by atoms with van der Waals surface area (Å²) in [7, 11) is 0. The van der Waals surface area contributed by atoms with E-state index in [4.69, 9.17) is 4.74 Å². The first-order valence-corrected chi connectivity index (χ1v) is 9.90. The molecule has 2 aromatic heterocycles. The molecule has 33 heavy (non-hydrogen) atoms. The molecule has 182 valence electrons. The van der Waals surface area contributed by atoms with Gasteiger partial charge in [0.2, 0.25) is 5.88 Å². The average molecular weight is 523 g/mol. The van der Waals surface area contributed by atoms with E-state index in [1.165, 1.54) is 12.4 Å². The van der Waals surface area contributed by atoms with Gasteiger partial charge >= 0.3 is 0 Å². The number of halogens is 5. The van der Waals surface area contributed by atoms with Crippen molar-refractivity contribution in [2.24, 2.45) is 0 Å². The molecule has 0 bridgehead atoms. The van der Waals surface area contributed by atoms with Crippen LogP contribution in [-0.2, 0) is 0 Å². The summed E-state index contributed by atoms with van der Waals surface area (Å²) in [6.07, 6.45) is 4.59. The Morgan fingerprint density at radius 3 is 2.06 bits per heavy atom. The number of H-pyrrole nitrogens is 1. The molecule has 2 N–H and O–H groups in total. The summed E-state index contributed by atoms with van der Waals surface area (Å²) in [5.41, 5.74) is 0.773. The molecule has 1 saturated heterocycles. The second kappa shape index (κ2) is 11.0. The largest absolute Gasteiger partial charge is 0.473 e. The maximum absolute atomic E-state index is 14.6. The van der Waals surface area contributed by atoms with Crippen molar-refractivity contribution in [3.05, 3.63) is 48.3 Å². The standard InChI is InChI=1S/C22H25F2N5O.3ClH/c1-21(2)9-14(10-22(3,4)29-21)30-20-6-5-19(27-28-20)16-8-17(23)15(7-18(16)24)13-11-25-26-12-13;;;/h5-8,11-12,14,29H,9-10H2,1-4H3,(H,25,26);3*1H. The Bertz CT molecular complexity index is 1030. The van der Waals surface area contributed by atoms with Gasteiger partial charge in [-0.05, 0) is 45.9 Å². The third-order valence-corrected chi connectivity index (χ3v) is 5.22. The number of nitrogens with zero attached hydrogens (tertiary/aromatic N) is 3. The third kappa shape index (κ3) is 6.76. The van der Waals surface area contributed by atoms with Gasteiger partial charge in [-0.1, -0.05) is 0 Å². The lowest BCUT2D eigenvalue weighted by molar-refractivity contribution is 0.0524. The van der Waals surface area contributed by atoms with E-state index in [0.717, 1.165) is 25.0 Å².